The molecular formula is C12H14N4OS. The molecule has 18 heavy (non-hydrogen) atoms. The van der Waals surface area contributed by atoms with Gasteiger partial charge in [0.15, 0.2) is 5.82 Å². The van der Waals surface area contributed by atoms with Crippen LogP contribution in [0.3, 0.4) is 0 Å². The van der Waals surface area contributed by atoms with Crippen LogP contribution in [-0.4, -0.2) is 27.0 Å². The summed E-state index contributed by atoms with van der Waals surface area (Å²) >= 11 is 1.55. The zero-order chi connectivity index (χ0) is 12.8. The van der Waals surface area contributed by atoms with Gasteiger partial charge in [0.05, 0.1) is 11.2 Å². The summed E-state index contributed by atoms with van der Waals surface area (Å²) in [6.07, 6.45) is 5.83. The standard InChI is InChI=1S/C12H14N4OS/c1-2-6-16-7-5-13-11(16)12(17)14-4-3-10-8-18-9-15-10/h2,5,7-9H,1,3-4,6H2,(H,14,17). The summed E-state index contributed by atoms with van der Waals surface area (Å²) in [6, 6.07) is 0. The number of hydrogen-bond donors (Lipinski definition) is 1. The lowest BCUT2D eigenvalue weighted by atomic mass is 10.3. The van der Waals surface area contributed by atoms with Gasteiger partial charge >= 0.3 is 0 Å². The molecule has 1 amide bonds. The Balaban J connectivity index is 1.87. The third-order valence-electron chi connectivity index (χ3n) is 2.39. The van der Waals surface area contributed by atoms with Gasteiger partial charge < -0.3 is 9.88 Å². The first-order valence-electron chi connectivity index (χ1n) is 5.58. The van der Waals surface area contributed by atoms with Crippen molar-refractivity contribution < 1.29 is 4.79 Å². The third-order valence-corrected chi connectivity index (χ3v) is 3.03. The van der Waals surface area contributed by atoms with Crippen LogP contribution in [0.15, 0.2) is 35.9 Å². The summed E-state index contributed by atoms with van der Waals surface area (Å²) in [7, 11) is 0. The van der Waals surface area contributed by atoms with Crippen molar-refractivity contribution in [1.29, 1.82) is 0 Å². The van der Waals surface area contributed by atoms with Crippen LogP contribution in [0.4, 0.5) is 0 Å². The number of allylic oxidation sites excluding steroid dienone is 1. The molecule has 0 aliphatic carbocycles. The summed E-state index contributed by atoms with van der Waals surface area (Å²) in [5, 5.41) is 4.81. The molecular weight excluding hydrogens is 248 g/mol. The van der Waals surface area contributed by atoms with Crippen LogP contribution < -0.4 is 5.32 Å². The van der Waals surface area contributed by atoms with Crippen LogP contribution in [0.2, 0.25) is 0 Å². The monoisotopic (exact) mass is 262 g/mol. The maximum atomic E-state index is 11.9. The molecule has 0 atom stereocenters. The summed E-state index contributed by atoms with van der Waals surface area (Å²) in [6.45, 7) is 4.78. The molecule has 0 aliphatic heterocycles. The van der Waals surface area contributed by atoms with Crippen molar-refractivity contribution in [1.82, 2.24) is 19.9 Å². The Morgan fingerprint density at radius 3 is 3.17 bits per heavy atom. The quantitative estimate of drug-likeness (QED) is 0.803. The summed E-state index contributed by atoms with van der Waals surface area (Å²) in [5.41, 5.74) is 2.78. The Labute approximate surface area is 109 Å². The van der Waals surface area contributed by atoms with Crippen LogP contribution in [0.5, 0.6) is 0 Å². The largest absolute Gasteiger partial charge is 0.349 e. The van der Waals surface area contributed by atoms with Crippen molar-refractivity contribution in [2.45, 2.75) is 13.0 Å². The van der Waals surface area contributed by atoms with Crippen molar-refractivity contribution in [2.75, 3.05) is 6.54 Å². The molecule has 0 fully saturated rings. The molecule has 6 heteroatoms. The molecule has 2 aromatic rings. The number of carbonyl (C=O) groups excluding carboxylic acids is 1. The van der Waals surface area contributed by atoms with Gasteiger partial charge in [-0.25, -0.2) is 9.97 Å². The molecule has 0 unspecified atom stereocenters. The van der Waals surface area contributed by atoms with E-state index in [0.717, 1.165) is 12.1 Å². The van der Waals surface area contributed by atoms with Crippen LogP contribution in [-0.2, 0) is 13.0 Å². The van der Waals surface area contributed by atoms with Gasteiger partial charge in [-0.15, -0.1) is 17.9 Å². The fraction of sp³-hybridized carbons (Fsp3) is 0.250. The Morgan fingerprint density at radius 2 is 2.44 bits per heavy atom. The molecule has 0 bridgehead atoms. The number of carbonyl (C=O) groups is 1. The molecule has 2 heterocycles. The number of amides is 1. The van der Waals surface area contributed by atoms with Crippen molar-refractivity contribution in [3.05, 3.63) is 47.5 Å². The van der Waals surface area contributed by atoms with E-state index < -0.39 is 0 Å². The second-order valence-electron chi connectivity index (χ2n) is 3.68. The maximum absolute atomic E-state index is 11.9. The van der Waals surface area contributed by atoms with Crippen LogP contribution in [0.25, 0.3) is 0 Å². The van der Waals surface area contributed by atoms with E-state index in [-0.39, 0.29) is 5.91 Å². The molecule has 0 aromatic carbocycles. The Hall–Kier alpha value is -1.95. The van der Waals surface area contributed by atoms with E-state index >= 15 is 0 Å². The number of hydrogen-bond acceptors (Lipinski definition) is 4. The van der Waals surface area contributed by atoms with Gasteiger partial charge in [-0.3, -0.25) is 4.79 Å². The molecule has 1 N–H and O–H groups in total. The zero-order valence-corrected chi connectivity index (χ0v) is 10.7. The molecule has 0 saturated heterocycles. The van der Waals surface area contributed by atoms with E-state index in [1.165, 1.54) is 0 Å². The van der Waals surface area contributed by atoms with E-state index in [2.05, 4.69) is 21.9 Å². The topological polar surface area (TPSA) is 59.8 Å². The smallest absolute Gasteiger partial charge is 0.287 e. The van der Waals surface area contributed by atoms with E-state index in [0.29, 0.717) is 18.9 Å². The van der Waals surface area contributed by atoms with Gasteiger partial charge in [-0.2, -0.15) is 0 Å². The van der Waals surface area contributed by atoms with E-state index in [4.69, 9.17) is 0 Å². The highest BCUT2D eigenvalue weighted by atomic mass is 32.1. The first-order valence-corrected chi connectivity index (χ1v) is 6.53. The number of nitrogens with one attached hydrogen (secondary N) is 1. The molecule has 2 aromatic heterocycles. The van der Waals surface area contributed by atoms with Gasteiger partial charge in [-0.1, -0.05) is 6.08 Å². The molecule has 5 nitrogen and oxygen atoms in total. The number of imidazole rings is 1. The van der Waals surface area contributed by atoms with Crippen LogP contribution in [0, 0.1) is 0 Å². The Morgan fingerprint density at radius 1 is 1.56 bits per heavy atom. The van der Waals surface area contributed by atoms with Crippen LogP contribution in [0.1, 0.15) is 16.3 Å². The molecule has 94 valence electrons. The second-order valence-corrected chi connectivity index (χ2v) is 4.40. The lowest BCUT2D eigenvalue weighted by Crippen LogP contribution is -2.28. The maximum Gasteiger partial charge on any atom is 0.287 e. The van der Waals surface area contributed by atoms with Gasteiger partial charge in [0, 0.05) is 37.3 Å². The van der Waals surface area contributed by atoms with E-state index in [1.54, 1.807) is 39.9 Å². The number of rotatable bonds is 6. The van der Waals surface area contributed by atoms with Crippen LogP contribution >= 0.6 is 11.3 Å². The zero-order valence-electron chi connectivity index (χ0n) is 9.87. The van der Waals surface area contributed by atoms with E-state index in [9.17, 15) is 4.79 Å². The highest BCUT2D eigenvalue weighted by molar-refractivity contribution is 7.07. The predicted octanol–water partition coefficient (Wildman–Crippen LogP) is 1.50. The first-order chi connectivity index (χ1) is 8.81. The minimum Gasteiger partial charge on any atom is -0.349 e. The van der Waals surface area contributed by atoms with E-state index in [1.807, 2.05) is 5.38 Å². The van der Waals surface area contributed by atoms with Gasteiger partial charge in [0.1, 0.15) is 0 Å². The number of nitrogens with zero attached hydrogens (tertiary/aromatic N) is 3. The minimum atomic E-state index is -0.169. The lowest BCUT2D eigenvalue weighted by Gasteiger charge is -2.05. The predicted molar refractivity (Wildman–Crippen MR) is 70.6 cm³/mol. The van der Waals surface area contributed by atoms with Gasteiger partial charge in [0.25, 0.3) is 5.91 Å². The fourth-order valence-electron chi connectivity index (χ4n) is 1.55. The molecule has 2 rings (SSSR count). The Bertz CT molecular complexity index is 518. The molecule has 0 aliphatic rings. The molecule has 0 spiro atoms. The van der Waals surface area contributed by atoms with Gasteiger partial charge in [-0.05, 0) is 0 Å². The SMILES string of the molecule is C=CCn1ccnc1C(=O)NCCc1cscn1. The summed E-state index contributed by atoms with van der Waals surface area (Å²) < 4.78 is 1.76. The highest BCUT2D eigenvalue weighted by Gasteiger charge is 2.11. The third kappa shape index (κ3) is 3.04. The average Bonchev–Trinajstić information content (AvgIpc) is 3.00. The molecule has 0 radical (unpaired) electrons. The number of thiazole rings is 1. The lowest BCUT2D eigenvalue weighted by molar-refractivity contribution is 0.0940. The number of aromatic nitrogens is 3. The van der Waals surface area contributed by atoms with Gasteiger partial charge in [0.2, 0.25) is 0 Å². The highest BCUT2D eigenvalue weighted by Crippen LogP contribution is 2.01. The first kappa shape index (κ1) is 12.5. The van der Waals surface area contributed by atoms with Crippen molar-refractivity contribution in [3.8, 4) is 0 Å². The average molecular weight is 262 g/mol. The Kier molecular flexibility index (Phi) is 4.25. The summed E-state index contributed by atoms with van der Waals surface area (Å²) in [4.78, 5) is 20.1. The normalized spacial score (nSPS) is 10.2. The van der Waals surface area contributed by atoms with Crippen molar-refractivity contribution in [3.63, 3.8) is 0 Å². The van der Waals surface area contributed by atoms with Crippen molar-refractivity contribution >= 4 is 17.2 Å². The second kappa shape index (κ2) is 6.11. The fourth-order valence-corrected chi connectivity index (χ4v) is 2.14. The summed E-state index contributed by atoms with van der Waals surface area (Å²) in [5.74, 6) is 0.241. The minimum absolute atomic E-state index is 0.169. The van der Waals surface area contributed by atoms with Crippen molar-refractivity contribution in [2.24, 2.45) is 0 Å². The molecule has 0 saturated carbocycles.